The molecule has 0 aliphatic carbocycles. The van der Waals surface area contributed by atoms with E-state index >= 15 is 0 Å². The molecule has 0 spiro atoms. The molecule has 1 N–H and O–H groups in total. The second-order valence-corrected chi connectivity index (χ2v) is 3.34. The smallest absolute Gasteiger partial charge is 0.153 e. The largest absolute Gasteiger partial charge is 0.507 e. The SMILES string of the molecule is O=Cc1cccc(-c2ccccc2O)c1F. The maximum Gasteiger partial charge on any atom is 0.153 e. The minimum Gasteiger partial charge on any atom is -0.507 e. The predicted octanol–water partition coefficient (Wildman–Crippen LogP) is 3.01. The number of carbonyl (C=O) groups is 1. The van der Waals surface area contributed by atoms with E-state index in [1.54, 1.807) is 24.3 Å². The predicted molar refractivity (Wildman–Crippen MR) is 58.9 cm³/mol. The third-order valence-electron chi connectivity index (χ3n) is 2.35. The molecule has 0 radical (unpaired) electrons. The quantitative estimate of drug-likeness (QED) is 0.783. The first-order valence-electron chi connectivity index (χ1n) is 4.76. The van der Waals surface area contributed by atoms with E-state index in [9.17, 15) is 14.3 Å². The fraction of sp³-hybridized carbons (Fsp3) is 0. The summed E-state index contributed by atoms with van der Waals surface area (Å²) in [6.07, 6.45) is 0.457. The van der Waals surface area contributed by atoms with Gasteiger partial charge in [-0.25, -0.2) is 4.39 Å². The summed E-state index contributed by atoms with van der Waals surface area (Å²) in [5.74, 6) is -0.622. The maximum absolute atomic E-state index is 13.8. The molecule has 0 fully saturated rings. The Morgan fingerprint density at radius 3 is 2.38 bits per heavy atom. The summed E-state index contributed by atoms with van der Waals surface area (Å²) < 4.78 is 13.8. The minimum absolute atomic E-state index is 0.00977. The van der Waals surface area contributed by atoms with Gasteiger partial charge < -0.3 is 5.11 Å². The van der Waals surface area contributed by atoms with E-state index in [0.29, 0.717) is 11.8 Å². The standard InChI is InChI=1S/C13H9FO2/c14-13-9(8-15)4-3-6-11(13)10-5-1-2-7-12(10)16/h1-8,16H. The van der Waals surface area contributed by atoms with Crippen molar-refractivity contribution < 1.29 is 14.3 Å². The molecule has 0 saturated carbocycles. The van der Waals surface area contributed by atoms with Crippen molar-refractivity contribution in [3.8, 4) is 16.9 Å². The van der Waals surface area contributed by atoms with Gasteiger partial charge in [0, 0.05) is 11.1 Å². The summed E-state index contributed by atoms with van der Waals surface area (Å²) in [6.45, 7) is 0. The third-order valence-corrected chi connectivity index (χ3v) is 2.35. The molecule has 2 aromatic carbocycles. The highest BCUT2D eigenvalue weighted by Crippen LogP contribution is 2.31. The Morgan fingerprint density at radius 1 is 1.00 bits per heavy atom. The van der Waals surface area contributed by atoms with Gasteiger partial charge in [0.2, 0.25) is 0 Å². The van der Waals surface area contributed by atoms with Crippen molar-refractivity contribution in [1.29, 1.82) is 0 Å². The molecule has 80 valence electrons. The Hall–Kier alpha value is -2.16. The molecule has 0 aromatic heterocycles. The Labute approximate surface area is 92.0 Å². The van der Waals surface area contributed by atoms with Gasteiger partial charge in [-0.3, -0.25) is 4.79 Å². The monoisotopic (exact) mass is 216 g/mol. The van der Waals surface area contributed by atoms with Crippen LogP contribution >= 0.6 is 0 Å². The van der Waals surface area contributed by atoms with E-state index in [1.807, 2.05) is 0 Å². The van der Waals surface area contributed by atoms with Gasteiger partial charge in [0.25, 0.3) is 0 Å². The first-order valence-corrected chi connectivity index (χ1v) is 4.76. The maximum atomic E-state index is 13.8. The van der Waals surface area contributed by atoms with E-state index < -0.39 is 5.82 Å². The van der Waals surface area contributed by atoms with E-state index in [2.05, 4.69) is 0 Å². The fourth-order valence-electron chi connectivity index (χ4n) is 1.55. The lowest BCUT2D eigenvalue weighted by atomic mass is 10.0. The van der Waals surface area contributed by atoms with Crippen LogP contribution in [0.25, 0.3) is 11.1 Å². The van der Waals surface area contributed by atoms with Crippen LogP contribution in [0.5, 0.6) is 5.75 Å². The average Bonchev–Trinajstić information content (AvgIpc) is 2.31. The van der Waals surface area contributed by atoms with E-state index in [1.165, 1.54) is 18.2 Å². The van der Waals surface area contributed by atoms with Crippen LogP contribution in [0.2, 0.25) is 0 Å². The highest BCUT2D eigenvalue weighted by Gasteiger charge is 2.11. The van der Waals surface area contributed by atoms with Crippen LogP contribution in [0, 0.1) is 5.82 Å². The number of rotatable bonds is 2. The normalized spacial score (nSPS) is 10.1. The summed E-state index contributed by atoms with van der Waals surface area (Å²) in [6, 6.07) is 10.9. The second-order valence-electron chi connectivity index (χ2n) is 3.34. The number of halogens is 1. The molecule has 2 rings (SSSR count). The van der Waals surface area contributed by atoms with Gasteiger partial charge in [-0.05, 0) is 12.1 Å². The lowest BCUT2D eigenvalue weighted by molar-refractivity contribution is 0.112. The number of phenols is 1. The average molecular weight is 216 g/mol. The number of carbonyl (C=O) groups excluding carboxylic acids is 1. The molecule has 0 aliphatic rings. The number of benzene rings is 2. The van der Waals surface area contributed by atoms with Crippen molar-refractivity contribution in [3.05, 3.63) is 53.8 Å². The van der Waals surface area contributed by atoms with E-state index in [4.69, 9.17) is 0 Å². The zero-order valence-electron chi connectivity index (χ0n) is 8.35. The van der Waals surface area contributed by atoms with Crippen molar-refractivity contribution in [2.75, 3.05) is 0 Å². The van der Waals surface area contributed by atoms with Crippen molar-refractivity contribution in [2.24, 2.45) is 0 Å². The molecular weight excluding hydrogens is 207 g/mol. The van der Waals surface area contributed by atoms with Gasteiger partial charge in [-0.1, -0.05) is 30.3 Å². The molecule has 16 heavy (non-hydrogen) atoms. The van der Waals surface area contributed by atoms with Crippen LogP contribution < -0.4 is 0 Å². The molecule has 0 amide bonds. The Bertz CT molecular complexity index is 535. The summed E-state index contributed by atoms with van der Waals surface area (Å²) in [5.41, 5.74) is 0.590. The molecule has 0 aliphatic heterocycles. The molecule has 2 aromatic rings. The summed E-state index contributed by atoms with van der Waals surface area (Å²) in [7, 11) is 0. The Balaban J connectivity index is 2.65. The van der Waals surface area contributed by atoms with Crippen LogP contribution in [0.1, 0.15) is 10.4 Å². The van der Waals surface area contributed by atoms with Gasteiger partial charge in [0.15, 0.2) is 6.29 Å². The Morgan fingerprint density at radius 2 is 1.69 bits per heavy atom. The van der Waals surface area contributed by atoms with Crippen LogP contribution in [0.15, 0.2) is 42.5 Å². The van der Waals surface area contributed by atoms with Crippen LogP contribution in [-0.2, 0) is 0 Å². The van der Waals surface area contributed by atoms with Gasteiger partial charge in [0.1, 0.15) is 11.6 Å². The summed E-state index contributed by atoms with van der Waals surface area (Å²) in [5, 5.41) is 9.60. The summed E-state index contributed by atoms with van der Waals surface area (Å²) >= 11 is 0. The van der Waals surface area contributed by atoms with Crippen molar-refractivity contribution in [1.82, 2.24) is 0 Å². The zero-order chi connectivity index (χ0) is 11.5. The van der Waals surface area contributed by atoms with Crippen LogP contribution in [0.3, 0.4) is 0 Å². The van der Waals surface area contributed by atoms with Gasteiger partial charge in [-0.2, -0.15) is 0 Å². The van der Waals surface area contributed by atoms with E-state index in [-0.39, 0.29) is 16.9 Å². The first-order chi connectivity index (χ1) is 7.74. The molecule has 0 atom stereocenters. The number of aldehydes is 1. The summed E-state index contributed by atoms with van der Waals surface area (Å²) in [4.78, 5) is 10.6. The molecular formula is C13H9FO2. The minimum atomic E-state index is -0.612. The van der Waals surface area contributed by atoms with Crippen molar-refractivity contribution >= 4 is 6.29 Å². The van der Waals surface area contributed by atoms with Crippen molar-refractivity contribution in [3.63, 3.8) is 0 Å². The topological polar surface area (TPSA) is 37.3 Å². The molecule has 0 heterocycles. The second kappa shape index (κ2) is 4.14. The molecule has 0 unspecified atom stereocenters. The van der Waals surface area contributed by atoms with E-state index in [0.717, 1.165) is 0 Å². The number of hydrogen-bond acceptors (Lipinski definition) is 2. The molecule has 2 nitrogen and oxygen atoms in total. The van der Waals surface area contributed by atoms with Crippen molar-refractivity contribution in [2.45, 2.75) is 0 Å². The number of phenolic OH excluding ortho intramolecular Hbond substituents is 1. The zero-order valence-corrected chi connectivity index (χ0v) is 8.35. The Kier molecular flexibility index (Phi) is 2.68. The van der Waals surface area contributed by atoms with Gasteiger partial charge in [-0.15, -0.1) is 0 Å². The fourth-order valence-corrected chi connectivity index (χ4v) is 1.55. The molecule has 0 saturated heterocycles. The van der Waals surface area contributed by atoms with Gasteiger partial charge in [0.05, 0.1) is 5.56 Å². The first kappa shape index (κ1) is 10.4. The lowest BCUT2D eigenvalue weighted by Gasteiger charge is -2.06. The lowest BCUT2D eigenvalue weighted by Crippen LogP contribution is -1.91. The van der Waals surface area contributed by atoms with Gasteiger partial charge >= 0.3 is 0 Å². The highest BCUT2D eigenvalue weighted by molar-refractivity contribution is 5.81. The van der Waals surface area contributed by atoms with Crippen LogP contribution in [0.4, 0.5) is 4.39 Å². The number of aromatic hydroxyl groups is 1. The third kappa shape index (κ3) is 1.67. The molecule has 3 heteroatoms. The highest BCUT2D eigenvalue weighted by atomic mass is 19.1. The number of para-hydroxylation sites is 1. The number of hydrogen-bond donors (Lipinski definition) is 1. The molecule has 0 bridgehead atoms. The van der Waals surface area contributed by atoms with Crippen LogP contribution in [-0.4, -0.2) is 11.4 Å².